The number of carbonyl (C=O) groups excluding carboxylic acids is 1. The number of hydrogen-bond donors (Lipinski definition) is 1. The average molecular weight is 431 g/mol. The van der Waals surface area contributed by atoms with Gasteiger partial charge >= 0.3 is 0 Å². The van der Waals surface area contributed by atoms with Crippen molar-refractivity contribution in [1.82, 2.24) is 0 Å². The Balaban J connectivity index is 2.24. The summed E-state index contributed by atoms with van der Waals surface area (Å²) in [6.07, 6.45) is 4.52. The molecule has 0 amide bonds. The van der Waals surface area contributed by atoms with Crippen LogP contribution in [0.4, 0.5) is 0 Å². The Labute approximate surface area is 185 Å². The lowest BCUT2D eigenvalue weighted by Gasteiger charge is -2.17. The molecular weight excluding hydrogens is 396 g/mol. The van der Waals surface area contributed by atoms with E-state index in [4.69, 9.17) is 9.47 Å². The molecule has 0 aliphatic rings. The molecule has 30 heavy (non-hydrogen) atoms. The molecule has 164 valence electrons. The van der Waals surface area contributed by atoms with Crippen LogP contribution in [-0.2, 0) is 19.3 Å². The van der Waals surface area contributed by atoms with Crippen LogP contribution in [0.3, 0.4) is 0 Å². The number of carbonyl (C=O) groups is 1. The van der Waals surface area contributed by atoms with Crippen LogP contribution in [0.1, 0.15) is 67.6 Å². The zero-order valence-electron chi connectivity index (χ0n) is 18.8. The number of phenolic OH excluding ortho intramolecular Hbond substituents is 1. The second-order valence-corrected chi connectivity index (χ2v) is 8.40. The van der Waals surface area contributed by atoms with Gasteiger partial charge in [0.15, 0.2) is 17.3 Å². The predicted octanol–water partition coefficient (Wildman–Crippen LogP) is 6.24. The van der Waals surface area contributed by atoms with Crippen molar-refractivity contribution >= 4 is 17.5 Å². The first-order chi connectivity index (χ1) is 14.5. The molecule has 0 heterocycles. The SMILES string of the molecule is CCCc1c(SCCc2ccc(C(C)=O)c(OC)c2CCC)ccc(OCC)c1O. The van der Waals surface area contributed by atoms with Crippen molar-refractivity contribution in [2.75, 3.05) is 19.5 Å². The van der Waals surface area contributed by atoms with Crippen molar-refractivity contribution in [3.63, 3.8) is 0 Å². The summed E-state index contributed by atoms with van der Waals surface area (Å²) >= 11 is 1.75. The molecule has 0 radical (unpaired) electrons. The van der Waals surface area contributed by atoms with Crippen LogP contribution in [0.5, 0.6) is 17.2 Å². The number of phenols is 1. The molecule has 0 aliphatic heterocycles. The second-order valence-electron chi connectivity index (χ2n) is 7.26. The van der Waals surface area contributed by atoms with Gasteiger partial charge in [-0.2, -0.15) is 0 Å². The molecule has 1 N–H and O–H groups in total. The fraction of sp³-hybridized carbons (Fsp3) is 0.480. The monoisotopic (exact) mass is 430 g/mol. The molecular formula is C25H34O4S. The van der Waals surface area contributed by atoms with Crippen molar-refractivity contribution in [2.24, 2.45) is 0 Å². The molecule has 0 unspecified atom stereocenters. The van der Waals surface area contributed by atoms with Gasteiger partial charge in [0.25, 0.3) is 0 Å². The Bertz CT molecular complexity index is 861. The van der Waals surface area contributed by atoms with Gasteiger partial charge in [-0.3, -0.25) is 4.79 Å². The quantitative estimate of drug-likeness (QED) is 0.319. The molecule has 2 aromatic carbocycles. The van der Waals surface area contributed by atoms with Gasteiger partial charge in [-0.05, 0) is 62.4 Å². The third-order valence-electron chi connectivity index (χ3n) is 5.07. The lowest BCUT2D eigenvalue weighted by molar-refractivity contribution is 0.101. The van der Waals surface area contributed by atoms with E-state index >= 15 is 0 Å². The molecule has 4 nitrogen and oxygen atoms in total. The molecule has 0 aromatic heterocycles. The van der Waals surface area contributed by atoms with Crippen molar-refractivity contribution < 1.29 is 19.4 Å². The van der Waals surface area contributed by atoms with Crippen molar-refractivity contribution in [3.05, 3.63) is 46.5 Å². The fourth-order valence-electron chi connectivity index (χ4n) is 3.70. The Morgan fingerprint density at radius 3 is 2.30 bits per heavy atom. The number of thioether (sulfide) groups is 1. The van der Waals surface area contributed by atoms with E-state index in [0.29, 0.717) is 17.9 Å². The van der Waals surface area contributed by atoms with Gasteiger partial charge in [-0.1, -0.05) is 32.8 Å². The maximum atomic E-state index is 12.0. The predicted molar refractivity (Wildman–Crippen MR) is 125 cm³/mol. The summed E-state index contributed by atoms with van der Waals surface area (Å²) in [5, 5.41) is 10.6. The summed E-state index contributed by atoms with van der Waals surface area (Å²) in [6, 6.07) is 7.85. The summed E-state index contributed by atoms with van der Waals surface area (Å²) in [5.41, 5.74) is 3.97. The number of aromatic hydroxyl groups is 1. The molecule has 5 heteroatoms. The summed E-state index contributed by atoms with van der Waals surface area (Å²) in [6.45, 7) is 8.28. The lowest BCUT2D eigenvalue weighted by atomic mass is 9.95. The molecule has 0 bridgehead atoms. The molecule has 0 saturated carbocycles. The first-order valence-electron chi connectivity index (χ1n) is 10.8. The number of benzene rings is 2. The summed E-state index contributed by atoms with van der Waals surface area (Å²) in [4.78, 5) is 13.1. The van der Waals surface area contributed by atoms with E-state index in [-0.39, 0.29) is 11.5 Å². The Kier molecular flexibility index (Phi) is 9.57. The molecule has 2 rings (SSSR count). The number of rotatable bonds is 12. The van der Waals surface area contributed by atoms with Gasteiger partial charge in [-0.15, -0.1) is 11.8 Å². The van der Waals surface area contributed by atoms with Crippen molar-refractivity contribution in [2.45, 2.75) is 64.7 Å². The van der Waals surface area contributed by atoms with Gasteiger partial charge in [0.2, 0.25) is 0 Å². The number of methoxy groups -OCH3 is 1. The minimum Gasteiger partial charge on any atom is -0.504 e. The first-order valence-corrected chi connectivity index (χ1v) is 11.8. The Morgan fingerprint density at radius 1 is 1.00 bits per heavy atom. The third-order valence-corrected chi connectivity index (χ3v) is 6.17. The topological polar surface area (TPSA) is 55.8 Å². The Hall–Kier alpha value is -2.14. The molecule has 0 spiro atoms. The van der Waals surface area contributed by atoms with Gasteiger partial charge in [-0.25, -0.2) is 0 Å². The van der Waals surface area contributed by atoms with E-state index in [1.807, 2.05) is 25.1 Å². The molecule has 2 aromatic rings. The molecule has 0 atom stereocenters. The second kappa shape index (κ2) is 11.9. The lowest BCUT2D eigenvalue weighted by Crippen LogP contribution is -2.06. The third kappa shape index (κ3) is 5.72. The van der Waals surface area contributed by atoms with Crippen LogP contribution in [-0.4, -0.2) is 30.4 Å². The van der Waals surface area contributed by atoms with Crippen LogP contribution >= 0.6 is 11.8 Å². The number of ether oxygens (including phenoxy) is 2. The zero-order valence-corrected chi connectivity index (χ0v) is 19.7. The number of Topliss-reactive ketones (excluding diaryl/α,β-unsaturated/α-hetero) is 1. The van der Waals surface area contributed by atoms with E-state index in [1.165, 1.54) is 5.56 Å². The van der Waals surface area contributed by atoms with Gasteiger partial charge in [0, 0.05) is 16.2 Å². The van der Waals surface area contributed by atoms with Gasteiger partial charge < -0.3 is 14.6 Å². The summed E-state index contributed by atoms with van der Waals surface area (Å²) in [7, 11) is 1.64. The van der Waals surface area contributed by atoms with Crippen molar-refractivity contribution in [3.8, 4) is 17.2 Å². The standard InChI is InChI=1S/C25H34O4S/c1-6-9-20-18(11-12-19(17(4)26)25(20)28-5)15-16-30-23-14-13-22(29-8-3)24(27)21(23)10-7-2/h11-14,27H,6-10,15-16H2,1-5H3. The number of ketones is 1. The smallest absolute Gasteiger partial charge is 0.163 e. The first kappa shape index (κ1) is 24.1. The summed E-state index contributed by atoms with van der Waals surface area (Å²) in [5.74, 6) is 2.45. The largest absolute Gasteiger partial charge is 0.504 e. The van der Waals surface area contributed by atoms with Crippen LogP contribution in [0.15, 0.2) is 29.2 Å². The highest BCUT2D eigenvalue weighted by Gasteiger charge is 2.17. The van der Waals surface area contributed by atoms with Gasteiger partial charge in [0.05, 0.1) is 19.3 Å². The number of aryl methyl sites for hydroxylation is 1. The molecule has 0 aliphatic carbocycles. The van der Waals surface area contributed by atoms with E-state index in [0.717, 1.165) is 59.6 Å². The van der Waals surface area contributed by atoms with Crippen molar-refractivity contribution in [1.29, 1.82) is 0 Å². The highest BCUT2D eigenvalue weighted by Crippen LogP contribution is 2.38. The fourth-order valence-corrected chi connectivity index (χ4v) is 4.78. The maximum absolute atomic E-state index is 12.0. The van der Waals surface area contributed by atoms with Crippen LogP contribution in [0.2, 0.25) is 0 Å². The molecule has 0 saturated heterocycles. The van der Waals surface area contributed by atoms with E-state index in [2.05, 4.69) is 19.9 Å². The highest BCUT2D eigenvalue weighted by atomic mass is 32.2. The molecule has 0 fully saturated rings. The zero-order chi connectivity index (χ0) is 22.1. The van der Waals surface area contributed by atoms with Gasteiger partial charge in [0.1, 0.15) is 5.75 Å². The number of hydrogen-bond acceptors (Lipinski definition) is 5. The van der Waals surface area contributed by atoms with Crippen LogP contribution in [0, 0.1) is 0 Å². The highest BCUT2D eigenvalue weighted by molar-refractivity contribution is 7.99. The minimum absolute atomic E-state index is 0.0270. The van der Waals surface area contributed by atoms with Crippen LogP contribution < -0.4 is 9.47 Å². The van der Waals surface area contributed by atoms with E-state index in [9.17, 15) is 9.90 Å². The Morgan fingerprint density at radius 2 is 1.70 bits per heavy atom. The summed E-state index contributed by atoms with van der Waals surface area (Å²) < 4.78 is 11.2. The minimum atomic E-state index is 0.0270. The normalized spacial score (nSPS) is 10.8. The average Bonchev–Trinajstić information content (AvgIpc) is 2.73. The van der Waals surface area contributed by atoms with Crippen LogP contribution in [0.25, 0.3) is 0 Å². The van der Waals surface area contributed by atoms with E-state index < -0.39 is 0 Å². The van der Waals surface area contributed by atoms with E-state index in [1.54, 1.807) is 25.8 Å². The maximum Gasteiger partial charge on any atom is 0.163 e.